The number of hydrogen-bond acceptors (Lipinski definition) is 2. The number of hydrogen-bond donors (Lipinski definition) is 1. The molecule has 1 fully saturated rings. The maximum absolute atomic E-state index is 6.64. The fourth-order valence-corrected chi connectivity index (χ4v) is 4.37. The third-order valence-corrected chi connectivity index (χ3v) is 5.24. The Morgan fingerprint density at radius 3 is 3.06 bits per heavy atom. The van der Waals surface area contributed by atoms with Gasteiger partial charge in [-0.05, 0) is 47.6 Å². The fourth-order valence-electron chi connectivity index (χ4n) is 3.41. The first-order chi connectivity index (χ1) is 8.66. The Hall–Kier alpha value is -0.860. The minimum atomic E-state index is 0.0293. The highest BCUT2D eigenvalue weighted by molar-refractivity contribution is 7.17. The van der Waals surface area contributed by atoms with Gasteiger partial charge in [-0.25, -0.2) is 0 Å². The number of thiophene rings is 1. The van der Waals surface area contributed by atoms with Crippen LogP contribution in [0.4, 0.5) is 0 Å². The molecule has 0 aliphatic heterocycles. The van der Waals surface area contributed by atoms with E-state index in [9.17, 15) is 0 Å². The highest BCUT2D eigenvalue weighted by atomic mass is 32.1. The van der Waals surface area contributed by atoms with Gasteiger partial charge in [0.05, 0.1) is 0 Å². The summed E-state index contributed by atoms with van der Waals surface area (Å²) in [7, 11) is 0. The molecule has 0 saturated heterocycles. The average Bonchev–Trinajstić information content (AvgIpc) is 2.72. The van der Waals surface area contributed by atoms with Gasteiger partial charge >= 0.3 is 0 Å². The molecule has 2 atom stereocenters. The lowest BCUT2D eigenvalue weighted by molar-refractivity contribution is 0.236. The van der Waals surface area contributed by atoms with Crippen molar-refractivity contribution >= 4 is 21.4 Å². The summed E-state index contributed by atoms with van der Waals surface area (Å²) < 4.78 is 1.39. The summed E-state index contributed by atoms with van der Waals surface area (Å²) in [6.45, 7) is 2.34. The molecule has 0 amide bonds. The van der Waals surface area contributed by atoms with Crippen molar-refractivity contribution in [2.45, 2.75) is 44.6 Å². The molecule has 1 aromatic carbocycles. The normalized spacial score (nSPS) is 28.7. The molecule has 96 valence electrons. The smallest absolute Gasteiger partial charge is 0.0345 e. The van der Waals surface area contributed by atoms with Crippen molar-refractivity contribution in [1.29, 1.82) is 0 Å². The second kappa shape index (κ2) is 4.67. The molecule has 1 heterocycles. The van der Waals surface area contributed by atoms with Crippen LogP contribution in [0, 0.1) is 5.92 Å². The summed E-state index contributed by atoms with van der Waals surface area (Å²) in [5, 5.41) is 3.71. The van der Waals surface area contributed by atoms with Crippen LogP contribution in [0.5, 0.6) is 0 Å². The largest absolute Gasteiger partial charge is 0.325 e. The Bertz CT molecular complexity index is 545. The quantitative estimate of drug-likeness (QED) is 0.852. The predicted molar refractivity (Wildman–Crippen MR) is 80.1 cm³/mol. The molecule has 3 rings (SSSR count). The summed E-state index contributed by atoms with van der Waals surface area (Å²) in [6, 6.07) is 8.68. The van der Waals surface area contributed by atoms with E-state index < -0.39 is 0 Å². The highest BCUT2D eigenvalue weighted by Gasteiger charge is 2.31. The van der Waals surface area contributed by atoms with Gasteiger partial charge < -0.3 is 5.73 Å². The third-order valence-electron chi connectivity index (χ3n) is 4.23. The van der Waals surface area contributed by atoms with Gasteiger partial charge in [0.2, 0.25) is 0 Å². The minimum Gasteiger partial charge on any atom is -0.325 e. The summed E-state index contributed by atoms with van der Waals surface area (Å²) in [5.74, 6) is 0.786. The Morgan fingerprint density at radius 1 is 1.39 bits per heavy atom. The van der Waals surface area contributed by atoms with Crippen molar-refractivity contribution in [3.63, 3.8) is 0 Å². The van der Waals surface area contributed by atoms with Crippen LogP contribution in [0.25, 0.3) is 10.1 Å². The molecular formula is C16H21NS. The average molecular weight is 259 g/mol. The van der Waals surface area contributed by atoms with Gasteiger partial charge in [-0.15, -0.1) is 11.3 Å². The van der Waals surface area contributed by atoms with Crippen LogP contribution in [-0.2, 0) is 6.42 Å². The molecule has 1 saturated carbocycles. The number of benzene rings is 1. The van der Waals surface area contributed by atoms with Gasteiger partial charge in [-0.1, -0.05) is 38.0 Å². The number of fused-ring (bicyclic) bond motifs is 1. The van der Waals surface area contributed by atoms with Crippen molar-refractivity contribution in [2.75, 3.05) is 0 Å². The maximum Gasteiger partial charge on any atom is 0.0345 e. The van der Waals surface area contributed by atoms with Gasteiger partial charge in [-0.2, -0.15) is 0 Å². The van der Waals surface area contributed by atoms with Gasteiger partial charge in [0.25, 0.3) is 0 Å². The number of nitrogens with two attached hydrogens (primary N) is 1. The van der Waals surface area contributed by atoms with Crippen LogP contribution in [0.1, 0.15) is 38.2 Å². The van der Waals surface area contributed by atoms with Gasteiger partial charge in [0, 0.05) is 10.2 Å². The van der Waals surface area contributed by atoms with E-state index in [1.165, 1.54) is 41.3 Å². The van der Waals surface area contributed by atoms with E-state index >= 15 is 0 Å². The highest BCUT2D eigenvalue weighted by Crippen LogP contribution is 2.35. The van der Waals surface area contributed by atoms with Crippen LogP contribution in [0.2, 0.25) is 0 Å². The molecule has 18 heavy (non-hydrogen) atoms. The van der Waals surface area contributed by atoms with E-state index in [1.54, 1.807) is 0 Å². The van der Waals surface area contributed by atoms with E-state index in [2.05, 4.69) is 36.6 Å². The van der Waals surface area contributed by atoms with Crippen LogP contribution >= 0.6 is 11.3 Å². The molecule has 0 bridgehead atoms. The van der Waals surface area contributed by atoms with Crippen LogP contribution in [0.15, 0.2) is 29.6 Å². The molecule has 2 aromatic rings. The van der Waals surface area contributed by atoms with Crippen LogP contribution in [-0.4, -0.2) is 5.54 Å². The molecule has 2 heteroatoms. The molecule has 0 spiro atoms. The van der Waals surface area contributed by atoms with E-state index in [0.717, 1.165) is 12.3 Å². The third kappa shape index (κ3) is 2.32. The zero-order valence-electron chi connectivity index (χ0n) is 11.0. The van der Waals surface area contributed by atoms with E-state index in [-0.39, 0.29) is 5.54 Å². The lowest BCUT2D eigenvalue weighted by Crippen LogP contribution is -2.45. The molecule has 1 nitrogen and oxygen atoms in total. The Labute approximate surface area is 113 Å². The van der Waals surface area contributed by atoms with Crippen molar-refractivity contribution < 1.29 is 0 Å². The van der Waals surface area contributed by atoms with Crippen molar-refractivity contribution in [2.24, 2.45) is 11.7 Å². The first-order valence-electron chi connectivity index (χ1n) is 6.90. The van der Waals surface area contributed by atoms with Crippen molar-refractivity contribution in [3.8, 4) is 0 Å². The monoisotopic (exact) mass is 259 g/mol. The topological polar surface area (TPSA) is 26.0 Å². The van der Waals surface area contributed by atoms with Crippen molar-refractivity contribution in [3.05, 3.63) is 35.2 Å². The second-order valence-corrected chi connectivity index (χ2v) is 6.91. The molecule has 1 aliphatic rings. The SMILES string of the molecule is CC1CCCC(N)(Cc2csc3ccccc23)C1. The molecule has 1 aliphatic carbocycles. The molecular weight excluding hydrogens is 238 g/mol. The van der Waals surface area contributed by atoms with Crippen LogP contribution in [0.3, 0.4) is 0 Å². The number of rotatable bonds is 2. The van der Waals surface area contributed by atoms with E-state index in [1.807, 2.05) is 11.3 Å². The first kappa shape index (κ1) is 12.2. The van der Waals surface area contributed by atoms with E-state index in [4.69, 9.17) is 5.73 Å². The Balaban J connectivity index is 1.87. The molecule has 0 radical (unpaired) electrons. The molecule has 1 aromatic heterocycles. The summed E-state index contributed by atoms with van der Waals surface area (Å²) in [5.41, 5.74) is 8.12. The minimum absolute atomic E-state index is 0.0293. The molecule has 2 unspecified atom stereocenters. The van der Waals surface area contributed by atoms with Crippen LogP contribution < -0.4 is 5.73 Å². The summed E-state index contributed by atoms with van der Waals surface area (Å²) in [6.07, 6.45) is 6.04. The standard InChI is InChI=1S/C16H21NS/c1-12-5-4-8-16(17,9-12)10-13-11-18-15-7-3-2-6-14(13)15/h2-3,6-7,11-12H,4-5,8-10,17H2,1H3. The lowest BCUT2D eigenvalue weighted by Gasteiger charge is -2.37. The fraction of sp³-hybridized carbons (Fsp3) is 0.500. The van der Waals surface area contributed by atoms with E-state index in [0.29, 0.717) is 0 Å². The maximum atomic E-state index is 6.64. The van der Waals surface area contributed by atoms with Gasteiger partial charge in [-0.3, -0.25) is 0 Å². The first-order valence-corrected chi connectivity index (χ1v) is 7.78. The lowest BCUT2D eigenvalue weighted by atomic mass is 9.74. The Morgan fingerprint density at radius 2 is 2.22 bits per heavy atom. The summed E-state index contributed by atoms with van der Waals surface area (Å²) >= 11 is 1.85. The second-order valence-electron chi connectivity index (χ2n) is 6.00. The zero-order valence-corrected chi connectivity index (χ0v) is 11.8. The molecule has 2 N–H and O–H groups in total. The summed E-state index contributed by atoms with van der Waals surface area (Å²) in [4.78, 5) is 0. The van der Waals surface area contributed by atoms with Crippen molar-refractivity contribution in [1.82, 2.24) is 0 Å². The zero-order chi connectivity index (χ0) is 12.6. The van der Waals surface area contributed by atoms with Gasteiger partial charge in [0.1, 0.15) is 0 Å². The van der Waals surface area contributed by atoms with Gasteiger partial charge in [0.15, 0.2) is 0 Å². The Kier molecular flexibility index (Phi) is 3.16. The predicted octanol–water partition coefficient (Wildman–Crippen LogP) is 4.35.